The minimum Gasteiger partial charge on any atom is -0.372 e. The fourth-order valence-corrected chi connectivity index (χ4v) is 2.96. The van der Waals surface area contributed by atoms with Crippen molar-refractivity contribution in [3.63, 3.8) is 0 Å². The van der Waals surface area contributed by atoms with E-state index in [2.05, 4.69) is 30.1 Å². The fraction of sp³-hybridized carbons (Fsp3) is 0.333. The van der Waals surface area contributed by atoms with Gasteiger partial charge in [-0.05, 0) is 56.7 Å². The summed E-state index contributed by atoms with van der Waals surface area (Å²) in [6, 6.07) is 15.2. The van der Waals surface area contributed by atoms with Crippen LogP contribution in [0.15, 0.2) is 48.5 Å². The van der Waals surface area contributed by atoms with E-state index < -0.39 is 0 Å². The van der Waals surface area contributed by atoms with Gasteiger partial charge in [0.2, 0.25) is 11.8 Å². The average Bonchev–Trinajstić information content (AvgIpc) is 2.62. The first-order chi connectivity index (χ1) is 12.5. The van der Waals surface area contributed by atoms with Gasteiger partial charge in [-0.15, -0.1) is 0 Å². The molecular formula is C21H27N3O2. The Morgan fingerprint density at radius 2 is 1.65 bits per heavy atom. The summed E-state index contributed by atoms with van der Waals surface area (Å²) in [6.07, 6.45) is 0. The van der Waals surface area contributed by atoms with E-state index in [1.807, 2.05) is 49.4 Å². The summed E-state index contributed by atoms with van der Waals surface area (Å²) >= 11 is 0. The van der Waals surface area contributed by atoms with Crippen LogP contribution in [0.5, 0.6) is 0 Å². The highest BCUT2D eigenvalue weighted by atomic mass is 16.2. The molecule has 0 bridgehead atoms. The Balaban J connectivity index is 2.19. The Bertz CT molecular complexity index is 755. The maximum atomic E-state index is 12.4. The number of benzene rings is 2. The van der Waals surface area contributed by atoms with Crippen molar-refractivity contribution in [3.8, 4) is 0 Å². The number of carbonyl (C=O) groups excluding carboxylic acids is 2. The second kappa shape index (κ2) is 9.04. The monoisotopic (exact) mass is 353 g/mol. The molecule has 138 valence electrons. The predicted octanol–water partition coefficient (Wildman–Crippen LogP) is 3.83. The number of aryl methyl sites for hydroxylation is 1. The minimum atomic E-state index is -0.224. The van der Waals surface area contributed by atoms with Crippen molar-refractivity contribution in [2.45, 2.75) is 27.7 Å². The van der Waals surface area contributed by atoms with Crippen molar-refractivity contribution >= 4 is 28.9 Å². The number of carbonyl (C=O) groups is 2. The molecule has 0 atom stereocenters. The van der Waals surface area contributed by atoms with Gasteiger partial charge in [0.1, 0.15) is 6.54 Å². The molecule has 0 radical (unpaired) electrons. The van der Waals surface area contributed by atoms with Gasteiger partial charge in [-0.1, -0.05) is 18.2 Å². The molecule has 0 unspecified atom stereocenters. The number of amides is 2. The molecule has 0 aliphatic rings. The van der Waals surface area contributed by atoms with Gasteiger partial charge < -0.3 is 15.1 Å². The zero-order chi connectivity index (χ0) is 19.1. The molecule has 2 aromatic rings. The molecule has 5 nitrogen and oxygen atoms in total. The molecule has 5 heteroatoms. The van der Waals surface area contributed by atoms with Crippen LogP contribution in [-0.2, 0) is 9.59 Å². The minimum absolute atomic E-state index is 0.0182. The van der Waals surface area contributed by atoms with Gasteiger partial charge in [0, 0.05) is 37.1 Å². The second-order valence-corrected chi connectivity index (χ2v) is 6.16. The molecule has 2 amide bonds. The van der Waals surface area contributed by atoms with Crippen molar-refractivity contribution in [1.82, 2.24) is 0 Å². The van der Waals surface area contributed by atoms with Crippen LogP contribution in [0.4, 0.5) is 17.1 Å². The summed E-state index contributed by atoms with van der Waals surface area (Å²) in [5, 5.41) is 2.82. The van der Waals surface area contributed by atoms with Crippen molar-refractivity contribution in [3.05, 3.63) is 54.1 Å². The normalized spacial score (nSPS) is 10.3. The van der Waals surface area contributed by atoms with E-state index in [-0.39, 0.29) is 18.4 Å². The van der Waals surface area contributed by atoms with Crippen LogP contribution < -0.4 is 15.1 Å². The van der Waals surface area contributed by atoms with Gasteiger partial charge in [-0.3, -0.25) is 9.59 Å². The molecule has 0 aromatic heterocycles. The third kappa shape index (κ3) is 4.85. The number of nitrogens with one attached hydrogen (secondary N) is 1. The standard InChI is InChI=1S/C21H27N3O2/c1-5-23(6-2)19-12-13-20(16(3)14-19)24(17(4)25)15-21(26)22-18-10-8-7-9-11-18/h7-14H,5-6,15H2,1-4H3,(H,22,26). The Labute approximate surface area is 155 Å². The topological polar surface area (TPSA) is 52.6 Å². The lowest BCUT2D eigenvalue weighted by Crippen LogP contribution is -2.37. The Kier molecular flexibility index (Phi) is 6.78. The number of hydrogen-bond donors (Lipinski definition) is 1. The molecule has 26 heavy (non-hydrogen) atoms. The maximum absolute atomic E-state index is 12.4. The molecule has 0 saturated heterocycles. The van der Waals surface area contributed by atoms with E-state index in [4.69, 9.17) is 0 Å². The second-order valence-electron chi connectivity index (χ2n) is 6.16. The first-order valence-corrected chi connectivity index (χ1v) is 8.94. The van der Waals surface area contributed by atoms with E-state index in [0.717, 1.165) is 35.7 Å². The molecular weight excluding hydrogens is 326 g/mol. The maximum Gasteiger partial charge on any atom is 0.244 e. The number of para-hydroxylation sites is 1. The van der Waals surface area contributed by atoms with Gasteiger partial charge in [-0.25, -0.2) is 0 Å². The molecule has 2 aromatic carbocycles. The van der Waals surface area contributed by atoms with Crippen molar-refractivity contribution in [1.29, 1.82) is 0 Å². The van der Waals surface area contributed by atoms with Gasteiger partial charge in [-0.2, -0.15) is 0 Å². The highest BCUT2D eigenvalue weighted by molar-refractivity contribution is 6.02. The smallest absolute Gasteiger partial charge is 0.244 e. The fourth-order valence-electron chi connectivity index (χ4n) is 2.96. The van der Waals surface area contributed by atoms with Crippen LogP contribution in [0.3, 0.4) is 0 Å². The molecule has 0 heterocycles. The highest BCUT2D eigenvalue weighted by Crippen LogP contribution is 2.26. The summed E-state index contributed by atoms with van der Waals surface area (Å²) in [6.45, 7) is 9.50. The van der Waals surface area contributed by atoms with Crippen LogP contribution in [0.25, 0.3) is 0 Å². The van der Waals surface area contributed by atoms with Crippen LogP contribution in [0.2, 0.25) is 0 Å². The number of anilines is 3. The highest BCUT2D eigenvalue weighted by Gasteiger charge is 2.18. The van der Waals surface area contributed by atoms with E-state index in [1.54, 1.807) is 0 Å². The lowest BCUT2D eigenvalue weighted by Gasteiger charge is -2.26. The zero-order valence-corrected chi connectivity index (χ0v) is 16.0. The van der Waals surface area contributed by atoms with Crippen LogP contribution in [0.1, 0.15) is 26.3 Å². The largest absolute Gasteiger partial charge is 0.372 e. The van der Waals surface area contributed by atoms with E-state index in [9.17, 15) is 9.59 Å². The summed E-state index contributed by atoms with van der Waals surface area (Å²) in [5.74, 6) is -0.384. The molecule has 0 aliphatic heterocycles. The van der Waals surface area contributed by atoms with E-state index in [1.165, 1.54) is 11.8 Å². The first kappa shape index (κ1) is 19.5. The van der Waals surface area contributed by atoms with Crippen molar-refractivity contribution in [2.75, 3.05) is 34.8 Å². The summed E-state index contributed by atoms with van der Waals surface area (Å²) < 4.78 is 0. The van der Waals surface area contributed by atoms with Crippen LogP contribution >= 0.6 is 0 Å². The zero-order valence-electron chi connectivity index (χ0n) is 16.0. The summed E-state index contributed by atoms with van der Waals surface area (Å²) in [5.41, 5.74) is 3.57. The summed E-state index contributed by atoms with van der Waals surface area (Å²) in [4.78, 5) is 28.3. The van der Waals surface area contributed by atoms with Gasteiger partial charge in [0.05, 0.1) is 0 Å². The molecule has 0 aliphatic carbocycles. The third-order valence-electron chi connectivity index (χ3n) is 4.34. The van der Waals surface area contributed by atoms with Crippen molar-refractivity contribution < 1.29 is 9.59 Å². The van der Waals surface area contributed by atoms with Crippen LogP contribution in [0, 0.1) is 6.92 Å². The molecule has 1 N–H and O–H groups in total. The first-order valence-electron chi connectivity index (χ1n) is 8.94. The predicted molar refractivity (Wildman–Crippen MR) is 108 cm³/mol. The Hall–Kier alpha value is -2.82. The van der Waals surface area contributed by atoms with Gasteiger partial charge in [0.25, 0.3) is 0 Å². The Morgan fingerprint density at radius 3 is 2.19 bits per heavy atom. The lowest BCUT2D eigenvalue weighted by molar-refractivity contribution is -0.120. The van der Waals surface area contributed by atoms with Gasteiger partial charge >= 0.3 is 0 Å². The average molecular weight is 353 g/mol. The molecule has 2 rings (SSSR count). The summed E-state index contributed by atoms with van der Waals surface area (Å²) in [7, 11) is 0. The van der Waals surface area contributed by atoms with Gasteiger partial charge in [0.15, 0.2) is 0 Å². The number of rotatable bonds is 7. The lowest BCUT2D eigenvalue weighted by atomic mass is 10.1. The molecule has 0 fully saturated rings. The van der Waals surface area contributed by atoms with E-state index >= 15 is 0 Å². The third-order valence-corrected chi connectivity index (χ3v) is 4.34. The number of nitrogens with zero attached hydrogens (tertiary/aromatic N) is 2. The van der Waals surface area contributed by atoms with Crippen LogP contribution in [-0.4, -0.2) is 31.4 Å². The number of hydrogen-bond acceptors (Lipinski definition) is 3. The SMILES string of the molecule is CCN(CC)c1ccc(N(CC(=O)Nc2ccccc2)C(C)=O)c(C)c1. The Morgan fingerprint density at radius 1 is 1.00 bits per heavy atom. The van der Waals surface area contributed by atoms with Crippen molar-refractivity contribution in [2.24, 2.45) is 0 Å². The quantitative estimate of drug-likeness (QED) is 0.823. The van der Waals surface area contributed by atoms with E-state index in [0.29, 0.717) is 0 Å². The molecule has 0 spiro atoms. The molecule has 0 saturated carbocycles.